The number of aliphatic carboxylic acids is 1. The van der Waals surface area contributed by atoms with Gasteiger partial charge in [0.05, 0.1) is 5.56 Å². The van der Waals surface area contributed by atoms with Crippen molar-refractivity contribution in [3.63, 3.8) is 0 Å². The molecule has 0 aliphatic rings. The third-order valence-corrected chi connectivity index (χ3v) is 2.19. The van der Waals surface area contributed by atoms with Gasteiger partial charge in [0.1, 0.15) is 5.82 Å². The van der Waals surface area contributed by atoms with Crippen molar-refractivity contribution < 1.29 is 27.5 Å². The Morgan fingerprint density at radius 2 is 1.94 bits per heavy atom. The van der Waals surface area contributed by atoms with Gasteiger partial charge in [0.25, 0.3) is 0 Å². The molecular formula is C11H10F4O2. The van der Waals surface area contributed by atoms with E-state index in [1.807, 2.05) is 0 Å². The lowest BCUT2D eigenvalue weighted by atomic mass is 10.1. The molecule has 1 aromatic carbocycles. The second-order valence-corrected chi connectivity index (χ2v) is 3.56. The van der Waals surface area contributed by atoms with Crippen LogP contribution >= 0.6 is 0 Å². The van der Waals surface area contributed by atoms with E-state index in [-0.39, 0.29) is 19.3 Å². The molecule has 17 heavy (non-hydrogen) atoms. The predicted molar refractivity (Wildman–Crippen MR) is 52.0 cm³/mol. The Hall–Kier alpha value is -1.59. The van der Waals surface area contributed by atoms with Crippen LogP contribution in [0.4, 0.5) is 17.6 Å². The summed E-state index contributed by atoms with van der Waals surface area (Å²) < 4.78 is 49.8. The van der Waals surface area contributed by atoms with Gasteiger partial charge in [-0.15, -0.1) is 0 Å². The minimum Gasteiger partial charge on any atom is -0.481 e. The molecule has 6 heteroatoms. The molecule has 1 aromatic rings. The number of carboxylic acid groups (broad SMARTS) is 1. The Morgan fingerprint density at radius 3 is 2.41 bits per heavy atom. The summed E-state index contributed by atoms with van der Waals surface area (Å²) in [6.45, 7) is 0. The number of benzene rings is 1. The first-order valence-electron chi connectivity index (χ1n) is 4.88. The van der Waals surface area contributed by atoms with Gasteiger partial charge in [-0.1, -0.05) is 6.07 Å². The van der Waals surface area contributed by atoms with Gasteiger partial charge in [-0.2, -0.15) is 13.2 Å². The zero-order chi connectivity index (χ0) is 13.1. The highest BCUT2D eigenvalue weighted by Crippen LogP contribution is 2.31. The number of hydrogen-bond donors (Lipinski definition) is 1. The number of alkyl halides is 3. The topological polar surface area (TPSA) is 37.3 Å². The first kappa shape index (κ1) is 13.5. The van der Waals surface area contributed by atoms with E-state index < -0.39 is 23.5 Å². The van der Waals surface area contributed by atoms with E-state index in [9.17, 15) is 22.4 Å². The van der Waals surface area contributed by atoms with Gasteiger partial charge in [0, 0.05) is 6.42 Å². The van der Waals surface area contributed by atoms with Crippen LogP contribution in [0.2, 0.25) is 0 Å². The minimum absolute atomic E-state index is 0.0946. The summed E-state index contributed by atoms with van der Waals surface area (Å²) in [6, 6.07) is 2.63. The van der Waals surface area contributed by atoms with E-state index in [0.717, 1.165) is 12.1 Å². The highest BCUT2D eigenvalue weighted by molar-refractivity contribution is 5.66. The second-order valence-electron chi connectivity index (χ2n) is 3.56. The summed E-state index contributed by atoms with van der Waals surface area (Å²) in [4.78, 5) is 10.2. The molecule has 0 saturated heterocycles. The van der Waals surface area contributed by atoms with Crippen LogP contribution < -0.4 is 0 Å². The molecule has 1 N–H and O–H groups in total. The lowest BCUT2D eigenvalue weighted by Crippen LogP contribution is -2.08. The molecule has 0 saturated carbocycles. The van der Waals surface area contributed by atoms with Crippen molar-refractivity contribution in [3.8, 4) is 0 Å². The fraction of sp³-hybridized carbons (Fsp3) is 0.364. The van der Waals surface area contributed by atoms with Crippen LogP contribution in [0.25, 0.3) is 0 Å². The van der Waals surface area contributed by atoms with E-state index in [0.29, 0.717) is 11.6 Å². The zero-order valence-corrected chi connectivity index (χ0v) is 8.72. The van der Waals surface area contributed by atoms with E-state index in [4.69, 9.17) is 5.11 Å². The monoisotopic (exact) mass is 250 g/mol. The molecular weight excluding hydrogens is 240 g/mol. The number of halogens is 4. The maximum absolute atomic E-state index is 13.1. The summed E-state index contributed by atoms with van der Waals surface area (Å²) in [5.74, 6) is -2.32. The van der Waals surface area contributed by atoms with Gasteiger partial charge in [-0.3, -0.25) is 4.79 Å². The largest absolute Gasteiger partial charge is 0.481 e. The molecule has 0 aromatic heterocycles. The molecule has 0 atom stereocenters. The quantitative estimate of drug-likeness (QED) is 0.833. The van der Waals surface area contributed by atoms with E-state index >= 15 is 0 Å². The van der Waals surface area contributed by atoms with Crippen LogP contribution in [0.1, 0.15) is 24.0 Å². The molecule has 0 unspecified atom stereocenters. The van der Waals surface area contributed by atoms with Gasteiger partial charge >= 0.3 is 12.1 Å². The molecule has 0 aliphatic carbocycles. The lowest BCUT2D eigenvalue weighted by molar-refractivity contribution is -0.140. The van der Waals surface area contributed by atoms with Crippen molar-refractivity contribution in [2.75, 3.05) is 0 Å². The molecule has 0 aliphatic heterocycles. The maximum Gasteiger partial charge on any atom is 0.419 e. The molecule has 0 fully saturated rings. The van der Waals surface area contributed by atoms with Crippen molar-refractivity contribution in [2.24, 2.45) is 0 Å². The fourth-order valence-corrected chi connectivity index (χ4v) is 1.39. The van der Waals surface area contributed by atoms with Gasteiger partial charge in [0.15, 0.2) is 0 Å². The average Bonchev–Trinajstić information content (AvgIpc) is 2.14. The van der Waals surface area contributed by atoms with Crippen molar-refractivity contribution in [1.29, 1.82) is 0 Å². The highest BCUT2D eigenvalue weighted by atomic mass is 19.4. The van der Waals surface area contributed by atoms with Crippen molar-refractivity contribution in [2.45, 2.75) is 25.4 Å². The number of rotatable bonds is 4. The van der Waals surface area contributed by atoms with Gasteiger partial charge in [0.2, 0.25) is 0 Å². The SMILES string of the molecule is O=C(O)CCCc1ccc(C(F)(F)F)c(F)c1. The normalized spacial score (nSPS) is 11.5. The first-order chi connectivity index (χ1) is 7.80. The number of carboxylic acids is 1. The van der Waals surface area contributed by atoms with Crippen LogP contribution in [0, 0.1) is 5.82 Å². The molecule has 2 nitrogen and oxygen atoms in total. The number of carbonyl (C=O) groups is 1. The van der Waals surface area contributed by atoms with Crippen molar-refractivity contribution in [3.05, 3.63) is 35.1 Å². The highest BCUT2D eigenvalue weighted by Gasteiger charge is 2.33. The smallest absolute Gasteiger partial charge is 0.419 e. The summed E-state index contributed by atoms with van der Waals surface area (Å²) >= 11 is 0. The molecule has 1 rings (SSSR count). The van der Waals surface area contributed by atoms with Crippen molar-refractivity contribution in [1.82, 2.24) is 0 Å². The van der Waals surface area contributed by atoms with Crippen LogP contribution in [-0.2, 0) is 17.4 Å². The summed E-state index contributed by atoms with van der Waals surface area (Å²) in [6.07, 6.45) is -4.30. The minimum atomic E-state index is -4.70. The van der Waals surface area contributed by atoms with Gasteiger partial charge < -0.3 is 5.11 Å². The van der Waals surface area contributed by atoms with Crippen LogP contribution in [-0.4, -0.2) is 11.1 Å². The standard InChI is InChI=1S/C11H10F4O2/c12-9-6-7(2-1-3-10(16)17)4-5-8(9)11(13,14)15/h4-6H,1-3H2,(H,16,17). The lowest BCUT2D eigenvalue weighted by Gasteiger charge is -2.09. The van der Waals surface area contributed by atoms with Crippen LogP contribution in [0.5, 0.6) is 0 Å². The molecule has 94 valence electrons. The van der Waals surface area contributed by atoms with E-state index in [2.05, 4.69) is 0 Å². The fourth-order valence-electron chi connectivity index (χ4n) is 1.39. The molecule has 0 bridgehead atoms. The van der Waals surface area contributed by atoms with Crippen LogP contribution in [0.3, 0.4) is 0 Å². The number of aryl methyl sites for hydroxylation is 1. The zero-order valence-electron chi connectivity index (χ0n) is 8.72. The Balaban J connectivity index is 2.72. The first-order valence-corrected chi connectivity index (χ1v) is 4.88. The predicted octanol–water partition coefficient (Wildman–Crippen LogP) is 3.25. The Labute approximate surface area is 94.9 Å². The van der Waals surface area contributed by atoms with E-state index in [1.165, 1.54) is 0 Å². The number of hydrogen-bond acceptors (Lipinski definition) is 1. The molecule has 0 spiro atoms. The maximum atomic E-state index is 13.1. The molecule has 0 amide bonds. The summed E-state index contributed by atoms with van der Waals surface area (Å²) in [5, 5.41) is 8.37. The molecule has 0 heterocycles. The van der Waals surface area contributed by atoms with Crippen molar-refractivity contribution >= 4 is 5.97 Å². The van der Waals surface area contributed by atoms with E-state index in [1.54, 1.807) is 0 Å². The second kappa shape index (κ2) is 5.16. The summed E-state index contributed by atoms with van der Waals surface area (Å²) in [7, 11) is 0. The Morgan fingerprint density at radius 1 is 1.29 bits per heavy atom. The van der Waals surface area contributed by atoms with Gasteiger partial charge in [-0.05, 0) is 30.5 Å². The summed E-state index contributed by atoms with van der Waals surface area (Å²) in [5.41, 5.74) is -0.948. The van der Waals surface area contributed by atoms with Gasteiger partial charge in [-0.25, -0.2) is 4.39 Å². The Bertz CT molecular complexity index is 412. The average molecular weight is 250 g/mol. The molecule has 0 radical (unpaired) electrons. The Kier molecular flexibility index (Phi) is 4.09. The van der Waals surface area contributed by atoms with Crippen LogP contribution in [0.15, 0.2) is 18.2 Å². The third kappa shape index (κ3) is 4.05. The third-order valence-electron chi connectivity index (χ3n) is 2.19.